The fourth-order valence-corrected chi connectivity index (χ4v) is 1.03. The topological polar surface area (TPSA) is 54.9 Å². The molecule has 0 bridgehead atoms. The van der Waals surface area contributed by atoms with Crippen molar-refractivity contribution in [3.8, 4) is 0 Å². The van der Waals surface area contributed by atoms with Crippen molar-refractivity contribution in [2.24, 2.45) is 4.99 Å². The van der Waals surface area contributed by atoms with Gasteiger partial charge in [-0.05, 0) is 0 Å². The van der Waals surface area contributed by atoms with Gasteiger partial charge < -0.3 is 20.1 Å². The molecule has 0 aromatic carbocycles. The zero-order valence-corrected chi connectivity index (χ0v) is 10.6. The second kappa shape index (κ2) is 9.95. The Morgan fingerprint density at radius 3 is 2.33 bits per heavy atom. The minimum absolute atomic E-state index is 0.201. The summed E-state index contributed by atoms with van der Waals surface area (Å²) in [6, 6.07) is 0. The van der Waals surface area contributed by atoms with Crippen LogP contribution in [-0.2, 0) is 9.47 Å². The maximum Gasteiger partial charge on any atom is 0.390 e. The molecule has 108 valence electrons. The number of aliphatic imine (C=N–C) groups is 1. The first kappa shape index (κ1) is 17.0. The van der Waals surface area contributed by atoms with Crippen molar-refractivity contribution >= 4 is 5.96 Å². The molecule has 0 saturated carbocycles. The molecule has 0 aromatic rings. The highest BCUT2D eigenvalue weighted by Gasteiger charge is 2.26. The van der Waals surface area contributed by atoms with E-state index in [9.17, 15) is 13.2 Å². The Morgan fingerprint density at radius 1 is 1.11 bits per heavy atom. The molecule has 18 heavy (non-hydrogen) atoms. The Hall–Kier alpha value is -1.02. The van der Waals surface area contributed by atoms with Gasteiger partial charge >= 0.3 is 6.18 Å². The maximum atomic E-state index is 11.9. The molecule has 0 rings (SSSR count). The fraction of sp³-hybridized carbons (Fsp3) is 0.900. The molecule has 0 aromatic heterocycles. The first-order valence-electron chi connectivity index (χ1n) is 5.57. The third-order valence-corrected chi connectivity index (χ3v) is 1.90. The van der Waals surface area contributed by atoms with Crippen LogP contribution >= 0.6 is 0 Å². The lowest BCUT2D eigenvalue weighted by Crippen LogP contribution is -2.40. The lowest BCUT2D eigenvalue weighted by molar-refractivity contribution is -0.132. The second-order valence-corrected chi connectivity index (χ2v) is 3.40. The number of hydrogen-bond acceptors (Lipinski definition) is 3. The summed E-state index contributed by atoms with van der Waals surface area (Å²) >= 11 is 0. The highest BCUT2D eigenvalue weighted by molar-refractivity contribution is 5.79. The lowest BCUT2D eigenvalue weighted by Gasteiger charge is -2.12. The quantitative estimate of drug-likeness (QED) is 0.389. The van der Waals surface area contributed by atoms with Gasteiger partial charge in [-0.3, -0.25) is 4.99 Å². The van der Waals surface area contributed by atoms with Gasteiger partial charge in [0.25, 0.3) is 0 Å². The zero-order valence-electron chi connectivity index (χ0n) is 10.6. The van der Waals surface area contributed by atoms with Gasteiger partial charge in [-0.15, -0.1) is 0 Å². The molecule has 0 aliphatic rings. The average molecular weight is 271 g/mol. The standard InChI is InChI=1S/C10H20F3N3O2/c1-14-9(15-4-3-10(11,12)13)16-5-6-18-8-7-17-2/h3-8H2,1-2H3,(H2,14,15,16). The Labute approximate surface area is 105 Å². The van der Waals surface area contributed by atoms with Crippen LogP contribution in [0.15, 0.2) is 4.99 Å². The van der Waals surface area contributed by atoms with Gasteiger partial charge in [0, 0.05) is 27.2 Å². The zero-order chi connectivity index (χ0) is 13.9. The molecule has 0 atom stereocenters. The van der Waals surface area contributed by atoms with Crippen molar-refractivity contribution in [2.75, 3.05) is 47.1 Å². The second-order valence-electron chi connectivity index (χ2n) is 3.40. The van der Waals surface area contributed by atoms with Crippen molar-refractivity contribution in [2.45, 2.75) is 12.6 Å². The molecule has 0 aliphatic carbocycles. The van der Waals surface area contributed by atoms with Crippen molar-refractivity contribution in [1.29, 1.82) is 0 Å². The first-order valence-corrected chi connectivity index (χ1v) is 5.57. The van der Waals surface area contributed by atoms with E-state index in [0.717, 1.165) is 0 Å². The smallest absolute Gasteiger partial charge is 0.382 e. The van der Waals surface area contributed by atoms with Crippen molar-refractivity contribution < 1.29 is 22.6 Å². The van der Waals surface area contributed by atoms with Gasteiger partial charge in [0.2, 0.25) is 0 Å². The average Bonchev–Trinajstić information content (AvgIpc) is 2.29. The van der Waals surface area contributed by atoms with Gasteiger partial charge in [0.05, 0.1) is 26.2 Å². The number of halogens is 3. The first-order chi connectivity index (χ1) is 8.49. The van der Waals surface area contributed by atoms with Crippen LogP contribution in [0.1, 0.15) is 6.42 Å². The van der Waals surface area contributed by atoms with Crippen LogP contribution in [0.25, 0.3) is 0 Å². The van der Waals surface area contributed by atoms with Gasteiger partial charge in [-0.25, -0.2) is 0 Å². The van der Waals surface area contributed by atoms with Crippen LogP contribution in [0.4, 0.5) is 13.2 Å². The third-order valence-electron chi connectivity index (χ3n) is 1.90. The van der Waals surface area contributed by atoms with E-state index in [1.807, 2.05) is 0 Å². The summed E-state index contributed by atoms with van der Waals surface area (Å²) < 4.78 is 45.7. The largest absolute Gasteiger partial charge is 0.390 e. The van der Waals surface area contributed by atoms with Crippen molar-refractivity contribution in [3.63, 3.8) is 0 Å². The van der Waals surface area contributed by atoms with E-state index in [1.165, 1.54) is 7.05 Å². The number of hydrogen-bond donors (Lipinski definition) is 2. The molecule has 0 heterocycles. The molecule has 8 heteroatoms. The molecular formula is C10H20F3N3O2. The van der Waals surface area contributed by atoms with E-state index >= 15 is 0 Å². The van der Waals surface area contributed by atoms with E-state index < -0.39 is 12.6 Å². The molecule has 0 amide bonds. The van der Waals surface area contributed by atoms with Crippen molar-refractivity contribution in [3.05, 3.63) is 0 Å². The fourth-order valence-electron chi connectivity index (χ4n) is 1.03. The number of ether oxygens (including phenoxy) is 2. The van der Waals surface area contributed by atoms with Crippen LogP contribution < -0.4 is 10.6 Å². The van der Waals surface area contributed by atoms with Crippen LogP contribution in [0.3, 0.4) is 0 Å². The van der Waals surface area contributed by atoms with Crippen molar-refractivity contribution in [1.82, 2.24) is 10.6 Å². The molecular weight excluding hydrogens is 251 g/mol. The van der Waals surface area contributed by atoms with Gasteiger partial charge in [0.15, 0.2) is 5.96 Å². The lowest BCUT2D eigenvalue weighted by atomic mass is 10.4. The van der Waals surface area contributed by atoms with Crippen LogP contribution in [-0.4, -0.2) is 59.2 Å². The third kappa shape index (κ3) is 11.5. The number of alkyl halides is 3. The van der Waals surface area contributed by atoms with E-state index in [4.69, 9.17) is 9.47 Å². The van der Waals surface area contributed by atoms with Gasteiger partial charge in [0.1, 0.15) is 0 Å². The molecule has 0 saturated heterocycles. The normalized spacial score (nSPS) is 12.6. The molecule has 0 fully saturated rings. The van der Waals surface area contributed by atoms with E-state index in [0.29, 0.717) is 32.3 Å². The van der Waals surface area contributed by atoms with Gasteiger partial charge in [-0.2, -0.15) is 13.2 Å². The van der Waals surface area contributed by atoms with Crippen LogP contribution in [0.2, 0.25) is 0 Å². The van der Waals surface area contributed by atoms with E-state index in [1.54, 1.807) is 7.11 Å². The van der Waals surface area contributed by atoms with Crippen LogP contribution in [0.5, 0.6) is 0 Å². The molecule has 0 unspecified atom stereocenters. The Bertz CT molecular complexity index is 235. The summed E-state index contributed by atoms with van der Waals surface area (Å²) in [7, 11) is 3.07. The summed E-state index contributed by atoms with van der Waals surface area (Å²) in [5.41, 5.74) is 0. The number of nitrogens with zero attached hydrogens (tertiary/aromatic N) is 1. The number of rotatable bonds is 8. The van der Waals surface area contributed by atoms with Crippen LogP contribution in [0, 0.1) is 0 Å². The van der Waals surface area contributed by atoms with E-state index in [2.05, 4.69) is 15.6 Å². The predicted molar refractivity (Wildman–Crippen MR) is 62.7 cm³/mol. The summed E-state index contributed by atoms with van der Waals surface area (Å²) in [4.78, 5) is 3.79. The summed E-state index contributed by atoms with van der Waals surface area (Å²) in [6.45, 7) is 1.70. The summed E-state index contributed by atoms with van der Waals surface area (Å²) in [5, 5.41) is 5.40. The predicted octanol–water partition coefficient (Wildman–Crippen LogP) is 0.767. The number of methoxy groups -OCH3 is 1. The monoisotopic (exact) mass is 271 g/mol. The molecule has 2 N–H and O–H groups in total. The maximum absolute atomic E-state index is 11.9. The molecule has 0 spiro atoms. The molecule has 5 nitrogen and oxygen atoms in total. The summed E-state index contributed by atoms with van der Waals surface area (Å²) in [6.07, 6.45) is -5.05. The highest BCUT2D eigenvalue weighted by Crippen LogP contribution is 2.17. The van der Waals surface area contributed by atoms with Gasteiger partial charge in [-0.1, -0.05) is 0 Å². The number of guanidine groups is 1. The molecule has 0 aliphatic heterocycles. The minimum Gasteiger partial charge on any atom is -0.382 e. The Kier molecular flexibility index (Phi) is 9.39. The minimum atomic E-state index is -4.16. The highest BCUT2D eigenvalue weighted by atomic mass is 19.4. The molecule has 0 radical (unpaired) electrons. The summed E-state index contributed by atoms with van der Waals surface area (Å²) in [5.74, 6) is 0.328. The Balaban J connectivity index is 3.54. The Morgan fingerprint density at radius 2 is 1.78 bits per heavy atom. The SMILES string of the molecule is CN=C(NCCOCCOC)NCCC(F)(F)F. The van der Waals surface area contributed by atoms with E-state index in [-0.39, 0.29) is 6.54 Å². The number of nitrogens with one attached hydrogen (secondary N) is 2.